The van der Waals surface area contributed by atoms with Crippen molar-refractivity contribution in [3.63, 3.8) is 0 Å². The first-order chi connectivity index (χ1) is 11.7. The van der Waals surface area contributed by atoms with Gasteiger partial charge in [0.25, 0.3) is 0 Å². The zero-order chi connectivity index (χ0) is 16.8. The highest BCUT2D eigenvalue weighted by molar-refractivity contribution is 5.74. The van der Waals surface area contributed by atoms with Crippen molar-refractivity contribution >= 4 is 6.03 Å². The summed E-state index contributed by atoms with van der Waals surface area (Å²) in [6, 6.07) is 4.13. The minimum Gasteiger partial charge on any atom is -0.376 e. The molecule has 0 unspecified atom stereocenters. The Balaban J connectivity index is 1.37. The van der Waals surface area contributed by atoms with E-state index in [1.54, 1.807) is 6.20 Å². The number of amides is 2. The molecule has 132 valence electrons. The lowest BCUT2D eigenvalue weighted by atomic mass is 10.1. The van der Waals surface area contributed by atoms with Crippen molar-refractivity contribution in [2.75, 3.05) is 39.8 Å². The fraction of sp³-hybridized carbons (Fsp3) is 0.667. The summed E-state index contributed by atoms with van der Waals surface area (Å²) in [5.41, 5.74) is 1.23. The maximum Gasteiger partial charge on any atom is 0.317 e. The van der Waals surface area contributed by atoms with Gasteiger partial charge < -0.3 is 19.9 Å². The normalized spacial score (nSPS) is 23.8. The molecule has 2 amide bonds. The molecule has 2 atom stereocenters. The number of aromatic nitrogens is 1. The minimum atomic E-state index is 0.0583. The number of nitrogens with one attached hydrogen (secondary N) is 1. The average molecular weight is 332 g/mol. The monoisotopic (exact) mass is 332 g/mol. The molecule has 24 heavy (non-hydrogen) atoms. The van der Waals surface area contributed by atoms with Gasteiger partial charge in [0, 0.05) is 51.7 Å². The molecule has 1 N–H and O–H groups in total. The first kappa shape index (κ1) is 17.2. The molecule has 1 aromatic rings. The molecule has 2 saturated heterocycles. The topological polar surface area (TPSA) is 57.7 Å². The summed E-state index contributed by atoms with van der Waals surface area (Å²) >= 11 is 0. The lowest BCUT2D eigenvalue weighted by Crippen LogP contribution is -2.42. The summed E-state index contributed by atoms with van der Waals surface area (Å²) in [4.78, 5) is 20.7. The molecule has 0 bridgehead atoms. The Labute approximate surface area is 144 Å². The third-order valence-corrected chi connectivity index (χ3v) is 4.82. The van der Waals surface area contributed by atoms with Crippen LogP contribution in [-0.2, 0) is 11.3 Å². The Kier molecular flexibility index (Phi) is 6.04. The predicted octanol–water partition coefficient (Wildman–Crippen LogP) is 1.72. The quantitative estimate of drug-likeness (QED) is 0.862. The van der Waals surface area contributed by atoms with Crippen molar-refractivity contribution in [2.45, 2.75) is 31.9 Å². The maximum atomic E-state index is 12.3. The number of likely N-dealkylation sites (tertiary alicyclic amines) is 1. The van der Waals surface area contributed by atoms with E-state index in [0.29, 0.717) is 12.5 Å². The number of hydrogen-bond donors (Lipinski definition) is 1. The van der Waals surface area contributed by atoms with Crippen molar-refractivity contribution < 1.29 is 9.53 Å². The molecule has 0 radical (unpaired) electrons. The molecule has 2 aliphatic heterocycles. The summed E-state index contributed by atoms with van der Waals surface area (Å²) in [6.07, 6.45) is 7.16. The number of ether oxygens (including phenoxy) is 1. The maximum absolute atomic E-state index is 12.3. The van der Waals surface area contributed by atoms with Gasteiger partial charge in [-0.15, -0.1) is 0 Å². The number of carbonyl (C=O) groups excluding carboxylic acids is 1. The van der Waals surface area contributed by atoms with Crippen LogP contribution in [0.4, 0.5) is 4.79 Å². The van der Waals surface area contributed by atoms with Crippen LogP contribution in [0.1, 0.15) is 24.8 Å². The van der Waals surface area contributed by atoms with E-state index >= 15 is 0 Å². The first-order valence-corrected chi connectivity index (χ1v) is 8.92. The zero-order valence-corrected chi connectivity index (χ0v) is 14.5. The van der Waals surface area contributed by atoms with Crippen LogP contribution < -0.4 is 5.32 Å². The second-order valence-corrected chi connectivity index (χ2v) is 6.98. The number of urea groups is 1. The van der Waals surface area contributed by atoms with Crippen LogP contribution in [0.2, 0.25) is 0 Å². The van der Waals surface area contributed by atoms with Crippen LogP contribution in [0.3, 0.4) is 0 Å². The molecular weight excluding hydrogens is 304 g/mol. The van der Waals surface area contributed by atoms with Crippen molar-refractivity contribution in [3.05, 3.63) is 30.1 Å². The number of hydrogen-bond acceptors (Lipinski definition) is 4. The Hall–Kier alpha value is -1.66. The molecular formula is C18H28N4O2. The number of nitrogens with zero attached hydrogens (tertiary/aromatic N) is 3. The molecule has 0 aliphatic carbocycles. The molecule has 0 saturated carbocycles. The van der Waals surface area contributed by atoms with Gasteiger partial charge in [0.2, 0.25) is 0 Å². The smallest absolute Gasteiger partial charge is 0.317 e. The highest BCUT2D eigenvalue weighted by Crippen LogP contribution is 2.18. The number of pyridine rings is 1. The molecule has 0 spiro atoms. The summed E-state index contributed by atoms with van der Waals surface area (Å²) < 4.78 is 5.55. The van der Waals surface area contributed by atoms with Crippen LogP contribution in [0, 0.1) is 5.92 Å². The lowest BCUT2D eigenvalue weighted by molar-refractivity contribution is 0.109. The number of rotatable bonds is 6. The van der Waals surface area contributed by atoms with Gasteiger partial charge in [-0.25, -0.2) is 4.79 Å². The Morgan fingerprint density at radius 1 is 1.50 bits per heavy atom. The third-order valence-electron chi connectivity index (χ3n) is 4.82. The molecule has 6 nitrogen and oxygen atoms in total. The van der Waals surface area contributed by atoms with Gasteiger partial charge >= 0.3 is 6.03 Å². The van der Waals surface area contributed by atoms with E-state index in [1.807, 2.05) is 17.2 Å². The second kappa shape index (κ2) is 8.44. The van der Waals surface area contributed by atoms with Gasteiger partial charge in [-0.2, -0.15) is 0 Å². The summed E-state index contributed by atoms with van der Waals surface area (Å²) in [5.74, 6) is 0.542. The van der Waals surface area contributed by atoms with E-state index in [4.69, 9.17) is 4.74 Å². The van der Waals surface area contributed by atoms with E-state index < -0.39 is 0 Å². The van der Waals surface area contributed by atoms with Gasteiger partial charge in [-0.05, 0) is 43.9 Å². The van der Waals surface area contributed by atoms with Gasteiger partial charge in [0.15, 0.2) is 0 Å². The van der Waals surface area contributed by atoms with E-state index in [9.17, 15) is 4.79 Å². The molecule has 3 heterocycles. The second-order valence-electron chi connectivity index (χ2n) is 6.98. The van der Waals surface area contributed by atoms with E-state index in [2.05, 4.69) is 28.3 Å². The summed E-state index contributed by atoms with van der Waals surface area (Å²) in [6.45, 7) is 5.06. The van der Waals surface area contributed by atoms with Gasteiger partial charge in [0.1, 0.15) is 0 Å². The van der Waals surface area contributed by atoms with E-state index in [-0.39, 0.29) is 12.1 Å². The Morgan fingerprint density at radius 3 is 3.17 bits per heavy atom. The number of carbonyl (C=O) groups is 1. The molecule has 2 aliphatic rings. The summed E-state index contributed by atoms with van der Waals surface area (Å²) in [5, 5.41) is 3.02. The highest BCUT2D eigenvalue weighted by Gasteiger charge is 2.27. The Morgan fingerprint density at radius 2 is 2.42 bits per heavy atom. The van der Waals surface area contributed by atoms with E-state index in [0.717, 1.165) is 52.0 Å². The average Bonchev–Trinajstić information content (AvgIpc) is 3.25. The van der Waals surface area contributed by atoms with Crippen LogP contribution in [-0.4, -0.2) is 66.8 Å². The molecule has 0 aromatic carbocycles. The molecule has 1 aromatic heterocycles. The van der Waals surface area contributed by atoms with Crippen molar-refractivity contribution in [3.8, 4) is 0 Å². The largest absolute Gasteiger partial charge is 0.376 e. The summed E-state index contributed by atoms with van der Waals surface area (Å²) in [7, 11) is 2.13. The van der Waals surface area contributed by atoms with E-state index in [1.165, 1.54) is 5.56 Å². The molecule has 3 rings (SSSR count). The van der Waals surface area contributed by atoms with Crippen LogP contribution in [0.25, 0.3) is 0 Å². The van der Waals surface area contributed by atoms with Crippen LogP contribution in [0.15, 0.2) is 24.5 Å². The van der Waals surface area contributed by atoms with Crippen LogP contribution in [0.5, 0.6) is 0 Å². The third kappa shape index (κ3) is 4.92. The Bertz CT molecular complexity index is 519. The lowest BCUT2D eigenvalue weighted by Gasteiger charge is -2.22. The fourth-order valence-corrected chi connectivity index (χ4v) is 3.59. The minimum absolute atomic E-state index is 0.0583. The molecule has 2 fully saturated rings. The zero-order valence-electron chi connectivity index (χ0n) is 14.5. The SMILES string of the molecule is CN(Cc1cccnc1)C[C@H]1CCN(C(=O)NC[C@@H]2CCCO2)C1. The van der Waals surface area contributed by atoms with Crippen molar-refractivity contribution in [2.24, 2.45) is 5.92 Å². The van der Waals surface area contributed by atoms with Crippen molar-refractivity contribution in [1.82, 2.24) is 20.1 Å². The first-order valence-electron chi connectivity index (χ1n) is 8.92. The highest BCUT2D eigenvalue weighted by atomic mass is 16.5. The van der Waals surface area contributed by atoms with Gasteiger partial charge in [-0.3, -0.25) is 4.98 Å². The van der Waals surface area contributed by atoms with Crippen LogP contribution >= 0.6 is 0 Å². The van der Waals surface area contributed by atoms with Crippen molar-refractivity contribution in [1.29, 1.82) is 0 Å². The molecule has 6 heteroatoms. The van der Waals surface area contributed by atoms with Gasteiger partial charge in [0.05, 0.1) is 6.10 Å². The van der Waals surface area contributed by atoms with Gasteiger partial charge in [-0.1, -0.05) is 6.07 Å². The predicted molar refractivity (Wildman–Crippen MR) is 92.6 cm³/mol. The fourth-order valence-electron chi connectivity index (χ4n) is 3.59. The standard InChI is InChI=1S/C18H28N4O2/c1-21(12-15-4-2-7-19-10-15)13-16-6-8-22(14-16)18(23)20-11-17-5-3-9-24-17/h2,4,7,10,16-17H,3,5-6,8-9,11-14H2,1H3,(H,20,23)/t16-,17+/m1/s1.